The first-order valence-corrected chi connectivity index (χ1v) is 11.1. The molecule has 10 nitrogen and oxygen atoms in total. The standard InChI is InChI=1S/C22H28N8O2/c1-26-15-23-19-18(26)20(31)30(22(32)27(19)2)12-6-10-28-9-5-11-29(14-13-28)21-24-16-7-3-4-8-17(16)25-21/h3-4,7-8,15H,5-6,9-14H2,1-2H3,(H,24,25). The van der Waals surface area contributed by atoms with Crippen LogP contribution in [0.3, 0.4) is 0 Å². The molecule has 4 aromatic rings. The van der Waals surface area contributed by atoms with Crippen molar-refractivity contribution < 1.29 is 0 Å². The number of nitrogens with zero attached hydrogens (tertiary/aromatic N) is 7. The highest BCUT2D eigenvalue weighted by Crippen LogP contribution is 2.18. The molecule has 0 spiro atoms. The van der Waals surface area contributed by atoms with Gasteiger partial charge in [-0.25, -0.2) is 14.8 Å². The number of hydrogen-bond acceptors (Lipinski definition) is 6. The molecule has 168 valence electrons. The Hall–Kier alpha value is -3.40. The van der Waals surface area contributed by atoms with E-state index in [-0.39, 0.29) is 11.2 Å². The van der Waals surface area contributed by atoms with Crippen LogP contribution >= 0.6 is 0 Å². The molecule has 0 saturated carbocycles. The van der Waals surface area contributed by atoms with Gasteiger partial charge in [-0.05, 0) is 38.1 Å². The van der Waals surface area contributed by atoms with Crippen LogP contribution in [0.15, 0.2) is 40.2 Å². The minimum Gasteiger partial charge on any atom is -0.341 e. The Bertz CT molecular complexity index is 1350. The van der Waals surface area contributed by atoms with Crippen molar-refractivity contribution in [1.29, 1.82) is 0 Å². The van der Waals surface area contributed by atoms with Crippen molar-refractivity contribution in [2.24, 2.45) is 14.1 Å². The summed E-state index contributed by atoms with van der Waals surface area (Å²) in [4.78, 5) is 42.6. The number of imidazole rings is 2. The van der Waals surface area contributed by atoms with Gasteiger partial charge in [0.25, 0.3) is 5.56 Å². The van der Waals surface area contributed by atoms with Gasteiger partial charge in [-0.15, -0.1) is 0 Å². The second kappa shape index (κ2) is 8.27. The zero-order chi connectivity index (χ0) is 22.2. The first-order valence-electron chi connectivity index (χ1n) is 11.1. The van der Waals surface area contributed by atoms with Crippen molar-refractivity contribution in [3.8, 4) is 0 Å². The van der Waals surface area contributed by atoms with Gasteiger partial charge >= 0.3 is 5.69 Å². The fraction of sp³-hybridized carbons (Fsp3) is 0.455. The van der Waals surface area contributed by atoms with Crippen molar-refractivity contribution in [3.05, 3.63) is 51.4 Å². The number of H-pyrrole nitrogens is 1. The first-order chi connectivity index (χ1) is 15.5. The highest BCUT2D eigenvalue weighted by molar-refractivity contribution is 5.77. The topological polar surface area (TPSA) is 97.0 Å². The van der Waals surface area contributed by atoms with Crippen LogP contribution in [0, 0.1) is 0 Å². The summed E-state index contributed by atoms with van der Waals surface area (Å²) in [6, 6.07) is 8.08. The largest absolute Gasteiger partial charge is 0.341 e. The van der Waals surface area contributed by atoms with Crippen LogP contribution in [-0.4, -0.2) is 66.3 Å². The number of benzene rings is 1. The fourth-order valence-electron chi connectivity index (χ4n) is 4.54. The van der Waals surface area contributed by atoms with Crippen molar-refractivity contribution in [2.75, 3.05) is 37.6 Å². The van der Waals surface area contributed by atoms with E-state index < -0.39 is 0 Å². The lowest BCUT2D eigenvalue weighted by molar-refractivity contribution is 0.282. The summed E-state index contributed by atoms with van der Waals surface area (Å²) in [7, 11) is 3.44. The van der Waals surface area contributed by atoms with Crippen molar-refractivity contribution in [2.45, 2.75) is 19.4 Å². The minimum atomic E-state index is -0.312. The van der Waals surface area contributed by atoms with Crippen LogP contribution < -0.4 is 16.1 Å². The number of anilines is 1. The Kier molecular flexibility index (Phi) is 5.30. The highest BCUT2D eigenvalue weighted by Gasteiger charge is 2.18. The lowest BCUT2D eigenvalue weighted by Crippen LogP contribution is -2.40. The van der Waals surface area contributed by atoms with Crippen LogP contribution in [0.4, 0.5) is 5.95 Å². The summed E-state index contributed by atoms with van der Waals surface area (Å²) in [5, 5.41) is 0. The Morgan fingerprint density at radius 2 is 1.88 bits per heavy atom. The van der Waals surface area contributed by atoms with Crippen LogP contribution in [0.5, 0.6) is 0 Å². The summed E-state index contributed by atoms with van der Waals surface area (Å²) in [6.45, 7) is 4.99. The van der Waals surface area contributed by atoms with Crippen LogP contribution in [0.2, 0.25) is 0 Å². The van der Waals surface area contributed by atoms with E-state index in [9.17, 15) is 9.59 Å². The second-order valence-corrected chi connectivity index (χ2v) is 8.44. The Morgan fingerprint density at radius 1 is 1.03 bits per heavy atom. The number of aromatic nitrogens is 6. The molecule has 1 aromatic carbocycles. The number of nitrogens with one attached hydrogen (secondary N) is 1. The average Bonchev–Trinajstić information content (AvgIpc) is 3.32. The molecule has 0 atom stereocenters. The third kappa shape index (κ3) is 3.60. The molecule has 1 aliphatic rings. The maximum absolute atomic E-state index is 12.9. The quantitative estimate of drug-likeness (QED) is 0.500. The summed E-state index contributed by atoms with van der Waals surface area (Å²) in [5.74, 6) is 0.924. The molecule has 1 N–H and O–H groups in total. The third-order valence-corrected chi connectivity index (χ3v) is 6.32. The molecule has 0 aliphatic carbocycles. The van der Waals surface area contributed by atoms with Crippen LogP contribution in [-0.2, 0) is 20.6 Å². The van der Waals surface area contributed by atoms with E-state index in [1.807, 2.05) is 24.3 Å². The van der Waals surface area contributed by atoms with Crippen LogP contribution in [0.25, 0.3) is 22.2 Å². The fourth-order valence-corrected chi connectivity index (χ4v) is 4.54. The molecule has 0 bridgehead atoms. The van der Waals surface area contributed by atoms with E-state index in [2.05, 4.69) is 19.8 Å². The van der Waals surface area contributed by atoms with Gasteiger partial charge in [0.2, 0.25) is 5.95 Å². The Morgan fingerprint density at radius 3 is 2.72 bits per heavy atom. The first kappa shape index (κ1) is 20.5. The van der Waals surface area contributed by atoms with Gasteiger partial charge in [0.15, 0.2) is 11.2 Å². The normalized spacial score (nSPS) is 15.6. The van der Waals surface area contributed by atoms with Gasteiger partial charge in [-0.2, -0.15) is 0 Å². The second-order valence-electron chi connectivity index (χ2n) is 8.44. The maximum atomic E-state index is 12.9. The number of para-hydroxylation sites is 2. The molecule has 4 heterocycles. The Labute approximate surface area is 184 Å². The van der Waals surface area contributed by atoms with E-state index >= 15 is 0 Å². The summed E-state index contributed by atoms with van der Waals surface area (Å²) in [6.07, 6.45) is 3.35. The summed E-state index contributed by atoms with van der Waals surface area (Å²) >= 11 is 0. The number of rotatable bonds is 5. The Balaban J connectivity index is 1.23. The molecule has 1 aliphatic heterocycles. The SMILES string of the molecule is Cn1cnc2c1c(=O)n(CCCN1CCCN(c3nc4ccccc4[nH]3)CC1)c(=O)n2C. The molecule has 10 heteroatoms. The predicted octanol–water partition coefficient (Wildman–Crippen LogP) is 0.912. The van der Waals surface area contributed by atoms with E-state index in [4.69, 9.17) is 4.98 Å². The molecule has 32 heavy (non-hydrogen) atoms. The predicted molar refractivity (Wildman–Crippen MR) is 124 cm³/mol. The molecule has 0 amide bonds. The lowest BCUT2D eigenvalue weighted by atomic mass is 10.3. The van der Waals surface area contributed by atoms with Gasteiger partial charge in [0.1, 0.15) is 0 Å². The monoisotopic (exact) mass is 436 g/mol. The zero-order valence-electron chi connectivity index (χ0n) is 18.5. The third-order valence-electron chi connectivity index (χ3n) is 6.32. The van der Waals surface area contributed by atoms with Gasteiger partial charge in [-0.1, -0.05) is 12.1 Å². The molecule has 1 saturated heterocycles. The number of fused-ring (bicyclic) bond motifs is 2. The van der Waals surface area contributed by atoms with Gasteiger partial charge in [0.05, 0.1) is 17.4 Å². The molecular formula is C22H28N8O2. The molecule has 0 radical (unpaired) electrons. The molecule has 5 rings (SSSR count). The number of hydrogen-bond donors (Lipinski definition) is 1. The highest BCUT2D eigenvalue weighted by atomic mass is 16.2. The zero-order valence-corrected chi connectivity index (χ0v) is 18.5. The van der Waals surface area contributed by atoms with Gasteiger partial charge < -0.3 is 19.4 Å². The van der Waals surface area contributed by atoms with Gasteiger partial charge in [-0.3, -0.25) is 13.9 Å². The molecule has 3 aromatic heterocycles. The summed E-state index contributed by atoms with van der Waals surface area (Å²) in [5.41, 5.74) is 2.35. The van der Waals surface area contributed by atoms with Crippen molar-refractivity contribution in [1.82, 2.24) is 33.6 Å². The van der Waals surface area contributed by atoms with E-state index in [1.165, 1.54) is 9.13 Å². The van der Waals surface area contributed by atoms with Gasteiger partial charge in [0, 0.05) is 40.3 Å². The lowest BCUT2D eigenvalue weighted by Gasteiger charge is -2.21. The van der Waals surface area contributed by atoms with Crippen molar-refractivity contribution >= 4 is 28.1 Å². The average molecular weight is 437 g/mol. The molecule has 1 fully saturated rings. The summed E-state index contributed by atoms with van der Waals surface area (Å²) < 4.78 is 4.46. The molecular weight excluding hydrogens is 408 g/mol. The number of aryl methyl sites for hydroxylation is 2. The van der Waals surface area contributed by atoms with Crippen molar-refractivity contribution in [3.63, 3.8) is 0 Å². The minimum absolute atomic E-state index is 0.268. The van der Waals surface area contributed by atoms with Crippen LogP contribution in [0.1, 0.15) is 12.8 Å². The smallest absolute Gasteiger partial charge is 0.332 e. The van der Waals surface area contributed by atoms with E-state index in [1.54, 1.807) is 25.0 Å². The maximum Gasteiger partial charge on any atom is 0.332 e. The van der Waals surface area contributed by atoms with E-state index in [0.29, 0.717) is 17.7 Å². The number of aromatic amines is 1. The van der Waals surface area contributed by atoms with E-state index in [0.717, 1.165) is 62.5 Å². The molecule has 0 unspecified atom stereocenters.